The minimum atomic E-state index is -3.90. The van der Waals surface area contributed by atoms with Gasteiger partial charge in [-0.2, -0.15) is 0 Å². The first-order chi connectivity index (χ1) is 16.5. The molecule has 2 aromatic carbocycles. The Morgan fingerprint density at radius 2 is 2.00 bits per heavy atom. The maximum Gasteiger partial charge on any atom is 0.264 e. The summed E-state index contributed by atoms with van der Waals surface area (Å²) >= 11 is 0. The molecule has 9 nitrogen and oxygen atoms in total. The molecule has 0 saturated carbocycles. The summed E-state index contributed by atoms with van der Waals surface area (Å²) in [4.78, 5) is 29.2. The number of halogens is 1. The van der Waals surface area contributed by atoms with Crippen LogP contribution in [0.15, 0.2) is 47.5 Å². The molecule has 1 aromatic heterocycles. The van der Waals surface area contributed by atoms with Crippen LogP contribution in [0, 0.1) is 5.82 Å². The van der Waals surface area contributed by atoms with Crippen LogP contribution in [0.4, 0.5) is 4.39 Å². The molecule has 1 heterocycles. The van der Waals surface area contributed by atoms with Crippen molar-refractivity contribution in [3.63, 3.8) is 0 Å². The van der Waals surface area contributed by atoms with Crippen LogP contribution in [0.25, 0.3) is 22.0 Å². The number of benzene rings is 2. The van der Waals surface area contributed by atoms with Crippen molar-refractivity contribution in [3.8, 4) is 11.1 Å². The fourth-order valence-corrected chi connectivity index (χ4v) is 4.53. The van der Waals surface area contributed by atoms with E-state index in [0.29, 0.717) is 36.3 Å². The van der Waals surface area contributed by atoms with Crippen LogP contribution >= 0.6 is 0 Å². The highest BCUT2D eigenvalue weighted by atomic mass is 32.2. The maximum absolute atomic E-state index is 14.8. The van der Waals surface area contributed by atoms with E-state index in [0.717, 1.165) is 11.8 Å². The Balaban J connectivity index is 1.88. The lowest BCUT2D eigenvalue weighted by Gasteiger charge is -2.25. The number of carbonyl (C=O) groups is 1. The molecule has 0 unspecified atom stereocenters. The van der Waals surface area contributed by atoms with Crippen molar-refractivity contribution in [3.05, 3.63) is 64.5 Å². The second-order valence-corrected chi connectivity index (χ2v) is 10.9. The number of hydrogen-bond acceptors (Lipinski definition) is 7. The molecule has 0 fully saturated rings. The zero-order chi connectivity index (χ0) is 25.8. The van der Waals surface area contributed by atoms with Gasteiger partial charge >= 0.3 is 0 Å². The molecule has 0 aliphatic heterocycles. The van der Waals surface area contributed by atoms with Crippen LogP contribution in [0.2, 0.25) is 0 Å². The number of hydrogen-bond donors (Lipinski definition) is 2. The highest BCUT2D eigenvalue weighted by Gasteiger charge is 2.43. The van der Waals surface area contributed by atoms with Crippen molar-refractivity contribution in [2.45, 2.75) is 38.0 Å². The summed E-state index contributed by atoms with van der Waals surface area (Å²) in [6.07, 6.45) is 2.48. The summed E-state index contributed by atoms with van der Waals surface area (Å²) in [5.74, 6) is -1.48. The topological polar surface area (TPSA) is 128 Å². The van der Waals surface area contributed by atoms with Crippen LogP contribution in [0.1, 0.15) is 25.8 Å². The van der Waals surface area contributed by atoms with Crippen LogP contribution in [-0.4, -0.2) is 53.3 Å². The number of aryl methyl sites for hydroxylation is 1. The van der Waals surface area contributed by atoms with Gasteiger partial charge in [0.05, 0.1) is 23.8 Å². The molecule has 0 bridgehead atoms. The molecule has 0 radical (unpaired) electrons. The van der Waals surface area contributed by atoms with Gasteiger partial charge < -0.3 is 4.74 Å². The van der Waals surface area contributed by atoms with Crippen molar-refractivity contribution < 1.29 is 27.5 Å². The molecular formula is C24H28FN3O6S. The zero-order valence-corrected chi connectivity index (χ0v) is 20.6. The molecule has 35 heavy (non-hydrogen) atoms. The SMILES string of the molecule is CCOCCc1ccc(-c2ccc3c(=O)n(CC[C@](C)(C(=O)NO)S(C)(=O)=O)cnc3c2)c(F)c1. The van der Waals surface area contributed by atoms with E-state index < -0.39 is 31.9 Å². The third kappa shape index (κ3) is 5.58. The number of rotatable bonds is 10. The second-order valence-electron chi connectivity index (χ2n) is 8.43. The summed E-state index contributed by atoms with van der Waals surface area (Å²) in [7, 11) is -3.90. The van der Waals surface area contributed by atoms with Gasteiger partial charge in [0.1, 0.15) is 5.82 Å². The van der Waals surface area contributed by atoms with E-state index in [-0.39, 0.29) is 18.4 Å². The van der Waals surface area contributed by atoms with Crippen LogP contribution in [0.3, 0.4) is 0 Å². The third-order valence-corrected chi connectivity index (χ3v) is 8.17. The quantitative estimate of drug-likeness (QED) is 0.246. The van der Waals surface area contributed by atoms with Crippen molar-refractivity contribution >= 4 is 26.6 Å². The van der Waals surface area contributed by atoms with E-state index in [1.807, 2.05) is 13.0 Å². The summed E-state index contributed by atoms with van der Waals surface area (Å²) in [6, 6.07) is 9.74. The van der Waals surface area contributed by atoms with Gasteiger partial charge in [-0.15, -0.1) is 0 Å². The maximum atomic E-state index is 14.8. The Bertz CT molecular complexity index is 1410. The first-order valence-corrected chi connectivity index (χ1v) is 12.9. The minimum Gasteiger partial charge on any atom is -0.381 e. The standard InChI is InChI=1S/C24H28FN3O6S/c1-4-34-12-9-16-5-7-18(20(25)13-16)17-6-8-19-21(14-17)26-15-28(22(19)29)11-10-24(2,23(30)27-31)35(3,32)33/h5-8,13-15,31H,4,9-12H2,1-3H3,(H,27,30)/t24-/m1/s1. The van der Waals surface area contributed by atoms with E-state index >= 15 is 0 Å². The molecule has 1 atom stereocenters. The van der Waals surface area contributed by atoms with Crippen molar-refractivity contribution in [1.82, 2.24) is 15.0 Å². The number of nitrogens with one attached hydrogen (secondary N) is 1. The Morgan fingerprint density at radius 3 is 2.63 bits per heavy atom. The third-order valence-electron chi connectivity index (χ3n) is 6.14. The highest BCUT2D eigenvalue weighted by Crippen LogP contribution is 2.26. The van der Waals surface area contributed by atoms with Gasteiger partial charge in [0.15, 0.2) is 14.6 Å². The van der Waals surface area contributed by atoms with Gasteiger partial charge in [0, 0.05) is 25.0 Å². The van der Waals surface area contributed by atoms with Gasteiger partial charge in [-0.25, -0.2) is 23.3 Å². The lowest BCUT2D eigenvalue weighted by Crippen LogP contribution is -2.50. The molecular weight excluding hydrogens is 477 g/mol. The lowest BCUT2D eigenvalue weighted by molar-refractivity contribution is -0.131. The van der Waals surface area contributed by atoms with Gasteiger partial charge in [-0.05, 0) is 56.0 Å². The van der Waals surface area contributed by atoms with Crippen LogP contribution in [-0.2, 0) is 32.3 Å². The summed E-state index contributed by atoms with van der Waals surface area (Å²) in [5, 5.41) is 9.21. The molecule has 11 heteroatoms. The number of carbonyl (C=O) groups excluding carboxylic acids is 1. The summed E-state index contributed by atoms with van der Waals surface area (Å²) < 4.78 is 43.6. The van der Waals surface area contributed by atoms with Crippen molar-refractivity contribution in [2.24, 2.45) is 0 Å². The Labute approximate surface area is 202 Å². The molecule has 0 aliphatic carbocycles. The molecule has 0 aliphatic rings. The van der Waals surface area contributed by atoms with Crippen LogP contribution < -0.4 is 11.0 Å². The Morgan fingerprint density at radius 1 is 1.26 bits per heavy atom. The van der Waals surface area contributed by atoms with E-state index in [4.69, 9.17) is 9.94 Å². The number of aromatic nitrogens is 2. The number of amides is 1. The van der Waals surface area contributed by atoms with Gasteiger partial charge in [0.2, 0.25) is 0 Å². The fraction of sp³-hybridized carbons (Fsp3) is 0.375. The number of nitrogens with zero attached hydrogens (tertiary/aromatic N) is 2. The molecule has 3 rings (SSSR count). The summed E-state index contributed by atoms with van der Waals surface area (Å²) in [5.41, 5.74) is 3.04. The fourth-order valence-electron chi connectivity index (χ4n) is 3.69. The zero-order valence-electron chi connectivity index (χ0n) is 19.7. The van der Waals surface area contributed by atoms with E-state index in [9.17, 15) is 22.4 Å². The molecule has 2 N–H and O–H groups in total. The molecule has 0 spiro atoms. The summed E-state index contributed by atoms with van der Waals surface area (Å²) in [6.45, 7) is 4.06. The number of fused-ring (bicyclic) bond motifs is 1. The van der Waals surface area contributed by atoms with Gasteiger partial charge in [-0.1, -0.05) is 18.2 Å². The number of hydroxylamine groups is 1. The van der Waals surface area contributed by atoms with Crippen LogP contribution in [0.5, 0.6) is 0 Å². The molecule has 0 saturated heterocycles. The van der Waals surface area contributed by atoms with E-state index in [2.05, 4.69) is 4.98 Å². The van der Waals surface area contributed by atoms with Gasteiger partial charge in [-0.3, -0.25) is 19.4 Å². The predicted molar refractivity (Wildman–Crippen MR) is 129 cm³/mol. The normalized spacial score (nSPS) is 13.5. The monoisotopic (exact) mass is 505 g/mol. The number of sulfone groups is 1. The van der Waals surface area contributed by atoms with E-state index in [1.54, 1.807) is 18.2 Å². The first kappa shape index (κ1) is 26.5. The Hall–Kier alpha value is -3.15. The predicted octanol–water partition coefficient (Wildman–Crippen LogP) is 2.48. The average molecular weight is 506 g/mol. The first-order valence-electron chi connectivity index (χ1n) is 11.0. The smallest absolute Gasteiger partial charge is 0.264 e. The van der Waals surface area contributed by atoms with Crippen molar-refractivity contribution in [2.75, 3.05) is 19.5 Å². The van der Waals surface area contributed by atoms with Crippen molar-refractivity contribution in [1.29, 1.82) is 0 Å². The average Bonchev–Trinajstić information content (AvgIpc) is 2.82. The molecule has 3 aromatic rings. The van der Waals surface area contributed by atoms with Gasteiger partial charge in [0.25, 0.3) is 11.5 Å². The number of ether oxygens (including phenoxy) is 1. The van der Waals surface area contributed by atoms with E-state index in [1.165, 1.54) is 35.4 Å². The lowest BCUT2D eigenvalue weighted by atomic mass is 10.0. The second kappa shape index (κ2) is 10.6. The minimum absolute atomic E-state index is 0.127. The molecule has 1 amide bonds. The largest absolute Gasteiger partial charge is 0.381 e. The highest BCUT2D eigenvalue weighted by molar-refractivity contribution is 7.92. The molecule has 188 valence electrons. The Kier molecular flexibility index (Phi) is 8.04.